The number of halogens is 1. The Labute approximate surface area is 169 Å². The van der Waals surface area contributed by atoms with Gasteiger partial charge in [-0.25, -0.2) is 14.8 Å². The number of ether oxygens (including phenoxy) is 1. The molecule has 3 aromatic rings. The zero-order chi connectivity index (χ0) is 19.6. The topological polar surface area (TPSA) is 162 Å². The molecule has 0 aromatic carbocycles. The Balaban J connectivity index is 0.000000177. The van der Waals surface area contributed by atoms with Crippen LogP contribution in [0.1, 0.15) is 12.6 Å². The molecule has 4 rings (SSSR count). The summed E-state index contributed by atoms with van der Waals surface area (Å²) in [5.41, 5.74) is 0.493. The number of H-pyrrole nitrogens is 3. The second-order valence-electron chi connectivity index (χ2n) is 5.59. The summed E-state index contributed by atoms with van der Waals surface area (Å²) in [7, 11) is 0. The number of aromatic nitrogens is 6. The number of fused-ring (bicyclic) bond motifs is 1. The molecule has 27 heavy (non-hydrogen) atoms. The van der Waals surface area contributed by atoms with Gasteiger partial charge in [0.15, 0.2) is 10.3 Å². The maximum atomic E-state index is 11.6. The van der Waals surface area contributed by atoms with Crippen molar-refractivity contribution in [3.63, 3.8) is 0 Å². The van der Waals surface area contributed by atoms with Gasteiger partial charge in [0.25, 0.3) is 5.56 Å². The van der Waals surface area contributed by atoms with Crippen LogP contribution in [0.15, 0.2) is 28.4 Å². The predicted molar refractivity (Wildman–Crippen MR) is 105 cm³/mol. The molecule has 5 N–H and O–H groups in total. The molecule has 13 heteroatoms. The summed E-state index contributed by atoms with van der Waals surface area (Å²) in [6, 6.07) is 0. The van der Waals surface area contributed by atoms with Gasteiger partial charge in [0.1, 0.15) is 17.8 Å². The van der Waals surface area contributed by atoms with Crippen LogP contribution in [0.25, 0.3) is 11.2 Å². The van der Waals surface area contributed by atoms with Crippen LogP contribution < -0.4 is 11.2 Å². The minimum absolute atomic E-state index is 0.202. The Morgan fingerprint density at radius 3 is 2.74 bits per heavy atom. The first-order valence-electron chi connectivity index (χ1n) is 7.72. The largest absolute Gasteiger partial charge is 0.394 e. The average molecular weight is 506 g/mol. The van der Waals surface area contributed by atoms with Gasteiger partial charge in [0.2, 0.25) is 0 Å². The molecule has 1 aliphatic rings. The van der Waals surface area contributed by atoms with E-state index in [0.717, 1.165) is 11.2 Å². The van der Waals surface area contributed by atoms with Crippen LogP contribution >= 0.6 is 34.8 Å². The highest BCUT2D eigenvalue weighted by Gasteiger charge is 2.35. The standard InChI is InChI=1S/C9H11IN2O5.C5H4N4S/c10-4-2-12(9(16)11-8(4)15)7-1-5(14)6(3-13)17-7;10-5-3-4(7-1-6-3)8-2-9-5/h2,5-7,13-14H,1,3H2,(H,11,15,16);1-2H,(H2,6,7,8,9,10)/t5-,6+,7?;/m0./s1. The SMILES string of the molecule is O=c1[nH]c(=O)n(C2C[C@H](O)[C@@H](CO)O2)cc1I.S=c1nc[nH]c2nc[nH]c12. The summed E-state index contributed by atoms with van der Waals surface area (Å²) >= 11 is 6.71. The van der Waals surface area contributed by atoms with Crippen LogP contribution in [0.2, 0.25) is 0 Å². The molecule has 144 valence electrons. The van der Waals surface area contributed by atoms with Crippen LogP contribution in [-0.2, 0) is 4.74 Å². The normalized spacial score (nSPS) is 21.8. The van der Waals surface area contributed by atoms with Gasteiger partial charge in [-0.15, -0.1) is 0 Å². The molecule has 0 radical (unpaired) electrons. The van der Waals surface area contributed by atoms with Crippen LogP contribution in [0, 0.1) is 8.21 Å². The molecular weight excluding hydrogens is 491 g/mol. The van der Waals surface area contributed by atoms with Crippen LogP contribution in [0.3, 0.4) is 0 Å². The summed E-state index contributed by atoms with van der Waals surface area (Å²) < 4.78 is 7.43. The quantitative estimate of drug-likeness (QED) is 0.236. The summed E-state index contributed by atoms with van der Waals surface area (Å²) in [5.74, 6) is 0. The molecule has 1 aliphatic heterocycles. The van der Waals surface area contributed by atoms with Gasteiger partial charge in [-0.1, -0.05) is 12.2 Å². The van der Waals surface area contributed by atoms with Crippen molar-refractivity contribution in [1.82, 2.24) is 29.5 Å². The zero-order valence-electron chi connectivity index (χ0n) is 13.6. The lowest BCUT2D eigenvalue weighted by Gasteiger charge is -2.14. The van der Waals surface area contributed by atoms with E-state index in [9.17, 15) is 14.7 Å². The highest BCUT2D eigenvalue weighted by Crippen LogP contribution is 2.27. The number of hydrogen-bond donors (Lipinski definition) is 5. The predicted octanol–water partition coefficient (Wildman–Crippen LogP) is -0.203. The first-order chi connectivity index (χ1) is 12.9. The second kappa shape index (κ2) is 8.39. The molecule has 4 heterocycles. The van der Waals surface area contributed by atoms with Crippen LogP contribution in [0.4, 0.5) is 0 Å². The Bertz CT molecular complexity index is 1110. The minimum Gasteiger partial charge on any atom is -0.394 e. The fourth-order valence-corrected chi connectivity index (χ4v) is 3.15. The Morgan fingerprint density at radius 1 is 1.33 bits per heavy atom. The summed E-state index contributed by atoms with van der Waals surface area (Å²) in [6.45, 7) is -0.313. The number of aliphatic hydroxyl groups excluding tert-OH is 2. The maximum Gasteiger partial charge on any atom is 0.330 e. The van der Waals surface area contributed by atoms with Gasteiger partial charge in [-0.05, 0) is 22.6 Å². The molecule has 1 fully saturated rings. The number of aromatic amines is 3. The molecule has 11 nitrogen and oxygen atoms in total. The molecule has 0 amide bonds. The van der Waals surface area contributed by atoms with Crippen molar-refractivity contribution in [2.75, 3.05) is 6.61 Å². The monoisotopic (exact) mass is 506 g/mol. The van der Waals surface area contributed by atoms with E-state index in [0.29, 0.717) is 8.21 Å². The molecular formula is C14H15IN6O5S. The number of rotatable bonds is 2. The summed E-state index contributed by atoms with van der Waals surface area (Å²) in [6.07, 6.45) is 2.51. The highest BCUT2D eigenvalue weighted by atomic mass is 127. The molecule has 3 atom stereocenters. The van der Waals surface area contributed by atoms with Crippen LogP contribution in [0.5, 0.6) is 0 Å². The molecule has 0 saturated carbocycles. The third-order valence-electron chi connectivity index (χ3n) is 3.85. The van der Waals surface area contributed by atoms with Gasteiger partial charge in [-0.3, -0.25) is 14.3 Å². The van der Waals surface area contributed by atoms with Crippen molar-refractivity contribution in [1.29, 1.82) is 0 Å². The van der Waals surface area contributed by atoms with Crippen molar-refractivity contribution in [2.24, 2.45) is 0 Å². The van der Waals surface area contributed by atoms with E-state index >= 15 is 0 Å². The summed E-state index contributed by atoms with van der Waals surface area (Å²) in [4.78, 5) is 38.5. The molecule has 0 bridgehead atoms. The molecule has 1 saturated heterocycles. The third kappa shape index (κ3) is 4.32. The highest BCUT2D eigenvalue weighted by molar-refractivity contribution is 14.1. The molecule has 0 aliphatic carbocycles. The Kier molecular flexibility index (Phi) is 6.15. The van der Waals surface area contributed by atoms with E-state index in [2.05, 4.69) is 24.9 Å². The first-order valence-corrected chi connectivity index (χ1v) is 9.21. The van der Waals surface area contributed by atoms with Crippen molar-refractivity contribution in [3.05, 3.63) is 47.9 Å². The molecule has 1 unspecified atom stereocenters. The third-order valence-corrected chi connectivity index (χ3v) is 4.93. The van der Waals surface area contributed by atoms with Crippen molar-refractivity contribution in [2.45, 2.75) is 24.9 Å². The van der Waals surface area contributed by atoms with Crippen LogP contribution in [-0.4, -0.2) is 58.5 Å². The smallest absolute Gasteiger partial charge is 0.330 e. The first kappa shape index (κ1) is 19.8. The number of hydrogen-bond acceptors (Lipinski definition) is 8. The molecule has 3 aromatic heterocycles. The molecule has 0 spiro atoms. The number of nitrogens with zero attached hydrogens (tertiary/aromatic N) is 3. The number of imidazole rings is 1. The number of aliphatic hydroxyl groups is 2. The van der Waals surface area contributed by atoms with Crippen molar-refractivity contribution in [3.8, 4) is 0 Å². The fraction of sp³-hybridized carbons (Fsp3) is 0.357. The van der Waals surface area contributed by atoms with Gasteiger partial charge >= 0.3 is 5.69 Å². The average Bonchev–Trinajstić information content (AvgIpc) is 3.26. The maximum absolute atomic E-state index is 11.6. The van der Waals surface area contributed by atoms with Crippen molar-refractivity contribution < 1.29 is 14.9 Å². The van der Waals surface area contributed by atoms with Crippen molar-refractivity contribution >= 4 is 46.0 Å². The van der Waals surface area contributed by atoms with Gasteiger partial charge in [-0.2, -0.15) is 0 Å². The van der Waals surface area contributed by atoms with E-state index in [1.807, 2.05) is 0 Å². The van der Waals surface area contributed by atoms with E-state index in [1.165, 1.54) is 17.1 Å². The lowest BCUT2D eigenvalue weighted by atomic mass is 10.2. The Hall–Kier alpha value is -1.94. The van der Waals surface area contributed by atoms with E-state index in [1.54, 1.807) is 28.9 Å². The van der Waals surface area contributed by atoms with E-state index in [4.69, 9.17) is 22.1 Å². The zero-order valence-corrected chi connectivity index (χ0v) is 16.6. The number of nitrogens with one attached hydrogen (secondary N) is 3. The second-order valence-corrected chi connectivity index (χ2v) is 7.14. The van der Waals surface area contributed by atoms with E-state index in [-0.39, 0.29) is 13.0 Å². The van der Waals surface area contributed by atoms with Gasteiger partial charge < -0.3 is 24.9 Å². The van der Waals surface area contributed by atoms with E-state index < -0.39 is 29.7 Å². The Morgan fingerprint density at radius 2 is 2.07 bits per heavy atom. The summed E-state index contributed by atoms with van der Waals surface area (Å²) in [5, 5.41) is 18.5. The van der Waals surface area contributed by atoms with Gasteiger partial charge in [0, 0.05) is 12.6 Å². The lowest BCUT2D eigenvalue weighted by molar-refractivity contribution is -0.0459. The lowest BCUT2D eigenvalue weighted by Crippen LogP contribution is -2.33. The minimum atomic E-state index is -0.818. The van der Waals surface area contributed by atoms with Gasteiger partial charge in [0.05, 0.1) is 28.9 Å². The fourth-order valence-electron chi connectivity index (χ4n) is 2.51.